The summed E-state index contributed by atoms with van der Waals surface area (Å²) in [5.74, 6) is -0.490. The van der Waals surface area contributed by atoms with Gasteiger partial charge in [0.2, 0.25) is 5.69 Å². The molecule has 0 aliphatic carbocycles. The van der Waals surface area contributed by atoms with Crippen molar-refractivity contribution in [2.24, 2.45) is 0 Å². The smallest absolute Gasteiger partial charge is 0.224 e. The van der Waals surface area contributed by atoms with Gasteiger partial charge in [0.15, 0.2) is 0 Å². The van der Waals surface area contributed by atoms with E-state index in [9.17, 15) is 4.39 Å². The van der Waals surface area contributed by atoms with Gasteiger partial charge in [-0.3, -0.25) is 0 Å². The minimum absolute atomic E-state index is 0.0384. The summed E-state index contributed by atoms with van der Waals surface area (Å²) in [6, 6.07) is 4.07. The van der Waals surface area contributed by atoms with Crippen molar-refractivity contribution < 1.29 is 9.13 Å². The SMILES string of the molecule is [C-]#[N+]c1cc2c(cc1F)c(Br)cn2COCC[Si](C)(C)C. The van der Waals surface area contributed by atoms with E-state index in [2.05, 4.69) is 40.4 Å². The first-order valence-corrected chi connectivity index (χ1v) is 11.2. The van der Waals surface area contributed by atoms with Crippen LogP contribution in [0.25, 0.3) is 15.7 Å². The Bertz CT molecular complexity index is 700. The van der Waals surface area contributed by atoms with E-state index in [0.29, 0.717) is 6.73 Å². The number of aromatic nitrogens is 1. The molecular formula is C15H18BrFN2OSi. The van der Waals surface area contributed by atoms with E-state index >= 15 is 0 Å². The molecule has 0 amide bonds. The Hall–Kier alpha value is -1.16. The zero-order valence-corrected chi connectivity index (χ0v) is 15.0. The molecule has 2 rings (SSSR count). The first-order chi connectivity index (χ1) is 9.81. The number of benzene rings is 1. The van der Waals surface area contributed by atoms with Crippen LogP contribution in [-0.2, 0) is 11.5 Å². The fourth-order valence-electron chi connectivity index (χ4n) is 1.99. The molecule has 0 aliphatic heterocycles. The Kier molecular flexibility index (Phi) is 4.87. The number of ether oxygens (including phenoxy) is 1. The maximum absolute atomic E-state index is 13.7. The highest BCUT2D eigenvalue weighted by Gasteiger charge is 2.14. The van der Waals surface area contributed by atoms with Crippen LogP contribution in [0.2, 0.25) is 25.7 Å². The Morgan fingerprint density at radius 2 is 2.10 bits per heavy atom. The van der Waals surface area contributed by atoms with Gasteiger partial charge in [-0.25, -0.2) is 9.24 Å². The van der Waals surface area contributed by atoms with Crippen LogP contribution in [0, 0.1) is 12.4 Å². The van der Waals surface area contributed by atoms with Gasteiger partial charge in [0, 0.05) is 36.3 Å². The van der Waals surface area contributed by atoms with Gasteiger partial charge in [0.25, 0.3) is 0 Å². The zero-order valence-electron chi connectivity index (χ0n) is 12.4. The third kappa shape index (κ3) is 3.94. The average Bonchev–Trinajstić information content (AvgIpc) is 2.69. The molecule has 0 radical (unpaired) electrons. The molecule has 2 aromatic rings. The number of nitrogens with zero attached hydrogens (tertiary/aromatic N) is 2. The number of hydrogen-bond donors (Lipinski definition) is 0. The van der Waals surface area contributed by atoms with Gasteiger partial charge in [-0.15, -0.1) is 0 Å². The normalized spacial score (nSPS) is 11.8. The Balaban J connectivity index is 2.19. The molecule has 0 aliphatic rings. The third-order valence-corrected chi connectivity index (χ3v) is 5.58. The van der Waals surface area contributed by atoms with Crippen LogP contribution in [0.3, 0.4) is 0 Å². The lowest BCUT2D eigenvalue weighted by atomic mass is 10.2. The molecule has 0 saturated carbocycles. The van der Waals surface area contributed by atoms with Crippen LogP contribution in [0.15, 0.2) is 22.8 Å². The lowest BCUT2D eigenvalue weighted by Gasteiger charge is -2.15. The number of halogens is 2. The van der Waals surface area contributed by atoms with Gasteiger partial charge >= 0.3 is 0 Å². The molecule has 6 heteroatoms. The summed E-state index contributed by atoms with van der Waals surface area (Å²) in [5, 5.41) is 0.758. The third-order valence-electron chi connectivity index (χ3n) is 3.25. The summed E-state index contributed by atoms with van der Waals surface area (Å²) in [4.78, 5) is 3.21. The topological polar surface area (TPSA) is 18.5 Å². The van der Waals surface area contributed by atoms with Crippen molar-refractivity contribution >= 4 is 40.6 Å². The van der Waals surface area contributed by atoms with Crippen LogP contribution in [-0.4, -0.2) is 19.2 Å². The Labute approximate surface area is 133 Å². The second-order valence-electron chi connectivity index (χ2n) is 6.23. The molecule has 0 N–H and O–H groups in total. The predicted molar refractivity (Wildman–Crippen MR) is 90.0 cm³/mol. The summed E-state index contributed by atoms with van der Waals surface area (Å²) in [5.41, 5.74) is 0.846. The molecular weight excluding hydrogens is 351 g/mol. The number of rotatable bonds is 5. The standard InChI is InChI=1S/C15H18BrFN2OSi/c1-18-14-8-15-11(7-13(14)17)12(16)9-19(15)10-20-5-6-21(2,3)4/h7-9H,5-6,10H2,2-4H3. The van der Waals surface area contributed by atoms with Crippen molar-refractivity contribution in [1.82, 2.24) is 4.57 Å². The molecule has 0 bridgehead atoms. The molecule has 0 atom stereocenters. The molecule has 1 aromatic heterocycles. The summed E-state index contributed by atoms with van der Waals surface area (Å²) in [6.45, 7) is 15.1. The van der Waals surface area contributed by atoms with Crippen LogP contribution < -0.4 is 0 Å². The molecule has 112 valence electrons. The van der Waals surface area contributed by atoms with Crippen molar-refractivity contribution in [2.75, 3.05) is 6.61 Å². The molecule has 21 heavy (non-hydrogen) atoms. The Morgan fingerprint density at radius 1 is 1.38 bits per heavy atom. The Morgan fingerprint density at radius 3 is 2.71 bits per heavy atom. The van der Waals surface area contributed by atoms with E-state index in [1.165, 1.54) is 6.07 Å². The van der Waals surface area contributed by atoms with Crippen LogP contribution in [0.1, 0.15) is 0 Å². The molecule has 0 unspecified atom stereocenters. The summed E-state index contributed by atoms with van der Waals surface area (Å²) in [6.07, 6.45) is 1.87. The highest BCUT2D eigenvalue weighted by molar-refractivity contribution is 9.10. The lowest BCUT2D eigenvalue weighted by molar-refractivity contribution is 0.0902. The van der Waals surface area contributed by atoms with E-state index in [0.717, 1.165) is 28.0 Å². The van der Waals surface area contributed by atoms with E-state index < -0.39 is 13.9 Å². The van der Waals surface area contributed by atoms with Gasteiger partial charge in [0.1, 0.15) is 12.5 Å². The molecule has 0 fully saturated rings. The number of hydrogen-bond acceptors (Lipinski definition) is 1. The van der Waals surface area contributed by atoms with E-state index in [4.69, 9.17) is 11.3 Å². The minimum Gasteiger partial charge on any atom is -0.361 e. The quantitative estimate of drug-likeness (QED) is 0.392. The van der Waals surface area contributed by atoms with Gasteiger partial charge in [-0.1, -0.05) is 19.6 Å². The monoisotopic (exact) mass is 368 g/mol. The van der Waals surface area contributed by atoms with E-state index in [1.807, 2.05) is 10.8 Å². The summed E-state index contributed by atoms with van der Waals surface area (Å²) < 4.78 is 22.1. The highest BCUT2D eigenvalue weighted by Crippen LogP contribution is 2.31. The lowest BCUT2D eigenvalue weighted by Crippen LogP contribution is -2.21. The summed E-state index contributed by atoms with van der Waals surface area (Å²) >= 11 is 3.43. The second-order valence-corrected chi connectivity index (χ2v) is 12.7. The first kappa shape index (κ1) is 16.2. The van der Waals surface area contributed by atoms with Gasteiger partial charge < -0.3 is 9.30 Å². The average molecular weight is 369 g/mol. The molecule has 3 nitrogen and oxygen atoms in total. The first-order valence-electron chi connectivity index (χ1n) is 6.75. The summed E-state index contributed by atoms with van der Waals surface area (Å²) in [7, 11) is -1.10. The van der Waals surface area contributed by atoms with E-state index in [1.54, 1.807) is 6.07 Å². The molecule has 0 saturated heterocycles. The fourth-order valence-corrected chi connectivity index (χ4v) is 3.31. The maximum atomic E-state index is 13.7. The predicted octanol–water partition coefficient (Wildman–Crippen LogP) is 5.41. The fraction of sp³-hybridized carbons (Fsp3) is 0.400. The second kappa shape index (κ2) is 6.30. The van der Waals surface area contributed by atoms with Crippen molar-refractivity contribution in [1.29, 1.82) is 0 Å². The van der Waals surface area contributed by atoms with Gasteiger partial charge in [-0.2, -0.15) is 0 Å². The zero-order chi connectivity index (χ0) is 15.6. The molecule has 1 aromatic carbocycles. The molecule has 1 heterocycles. The van der Waals surface area contributed by atoms with Crippen molar-refractivity contribution in [3.63, 3.8) is 0 Å². The number of fused-ring (bicyclic) bond motifs is 1. The minimum atomic E-state index is -1.10. The van der Waals surface area contributed by atoms with Crippen LogP contribution in [0.5, 0.6) is 0 Å². The van der Waals surface area contributed by atoms with Crippen molar-refractivity contribution in [3.8, 4) is 0 Å². The van der Waals surface area contributed by atoms with Crippen LogP contribution >= 0.6 is 15.9 Å². The van der Waals surface area contributed by atoms with Crippen molar-refractivity contribution in [2.45, 2.75) is 32.4 Å². The molecule has 0 spiro atoms. The van der Waals surface area contributed by atoms with E-state index in [-0.39, 0.29) is 5.69 Å². The maximum Gasteiger partial charge on any atom is 0.224 e. The van der Waals surface area contributed by atoms with Gasteiger partial charge in [-0.05, 0) is 34.1 Å². The van der Waals surface area contributed by atoms with Crippen LogP contribution in [0.4, 0.5) is 10.1 Å². The van der Waals surface area contributed by atoms with Crippen molar-refractivity contribution in [3.05, 3.63) is 40.0 Å². The highest BCUT2D eigenvalue weighted by atomic mass is 79.9. The van der Waals surface area contributed by atoms with Gasteiger partial charge in [0.05, 0.1) is 6.57 Å². The largest absolute Gasteiger partial charge is 0.361 e.